The van der Waals surface area contributed by atoms with Gasteiger partial charge in [-0.05, 0) is 49.6 Å². The molecular formula is C16H15F2NO2S. The van der Waals surface area contributed by atoms with Crippen LogP contribution < -0.4 is 10.1 Å². The molecule has 1 unspecified atom stereocenters. The summed E-state index contributed by atoms with van der Waals surface area (Å²) in [6.07, 6.45) is 1.12. The van der Waals surface area contributed by atoms with Crippen molar-refractivity contribution in [3.05, 3.63) is 54.1 Å². The van der Waals surface area contributed by atoms with E-state index in [9.17, 15) is 13.6 Å². The number of anilines is 1. The molecule has 116 valence electrons. The first-order valence-electron chi connectivity index (χ1n) is 6.56. The van der Waals surface area contributed by atoms with Crippen LogP contribution in [0.15, 0.2) is 47.4 Å². The highest BCUT2D eigenvalue weighted by Crippen LogP contribution is 2.19. The molecule has 0 fully saturated rings. The highest BCUT2D eigenvalue weighted by atomic mass is 32.2. The SMILES string of the molecule is CSc1ccc(NC(=O)C(C)Oc2ccc(F)c(F)c2)cc1. The third kappa shape index (κ3) is 4.21. The Hall–Kier alpha value is -2.08. The van der Waals surface area contributed by atoms with Gasteiger partial charge in [-0.2, -0.15) is 0 Å². The van der Waals surface area contributed by atoms with E-state index in [4.69, 9.17) is 4.74 Å². The monoisotopic (exact) mass is 323 g/mol. The summed E-state index contributed by atoms with van der Waals surface area (Å²) in [7, 11) is 0. The van der Waals surface area contributed by atoms with Crippen LogP contribution in [0, 0.1) is 11.6 Å². The van der Waals surface area contributed by atoms with Crippen molar-refractivity contribution in [1.29, 1.82) is 0 Å². The van der Waals surface area contributed by atoms with Crippen LogP contribution in [-0.4, -0.2) is 18.3 Å². The lowest BCUT2D eigenvalue weighted by atomic mass is 10.3. The molecule has 0 aliphatic heterocycles. The van der Waals surface area contributed by atoms with Gasteiger partial charge in [0.1, 0.15) is 5.75 Å². The second kappa shape index (κ2) is 7.26. The van der Waals surface area contributed by atoms with E-state index < -0.39 is 17.7 Å². The van der Waals surface area contributed by atoms with Crippen molar-refractivity contribution in [3.63, 3.8) is 0 Å². The molecule has 6 heteroatoms. The Balaban J connectivity index is 1.97. The quantitative estimate of drug-likeness (QED) is 0.842. The third-order valence-electron chi connectivity index (χ3n) is 2.93. The van der Waals surface area contributed by atoms with E-state index in [1.165, 1.54) is 13.0 Å². The summed E-state index contributed by atoms with van der Waals surface area (Å²) in [5.74, 6) is -2.25. The lowest BCUT2D eigenvalue weighted by Crippen LogP contribution is -2.30. The summed E-state index contributed by atoms with van der Waals surface area (Å²) < 4.78 is 31.2. The molecule has 1 amide bonds. The summed E-state index contributed by atoms with van der Waals surface area (Å²) in [4.78, 5) is 13.1. The predicted octanol–water partition coefficient (Wildman–Crippen LogP) is 4.09. The van der Waals surface area contributed by atoms with Gasteiger partial charge < -0.3 is 10.1 Å². The van der Waals surface area contributed by atoms with Crippen molar-refractivity contribution in [3.8, 4) is 5.75 Å². The highest BCUT2D eigenvalue weighted by molar-refractivity contribution is 7.98. The van der Waals surface area contributed by atoms with Crippen LogP contribution in [0.2, 0.25) is 0 Å². The fourth-order valence-corrected chi connectivity index (χ4v) is 2.13. The van der Waals surface area contributed by atoms with Crippen LogP contribution in [0.3, 0.4) is 0 Å². The number of hydrogen-bond acceptors (Lipinski definition) is 3. The largest absolute Gasteiger partial charge is 0.481 e. The fourth-order valence-electron chi connectivity index (χ4n) is 1.73. The standard InChI is InChI=1S/C16H15F2NO2S/c1-10(21-12-5-8-14(17)15(18)9-12)16(20)19-11-3-6-13(22-2)7-4-11/h3-10H,1-2H3,(H,19,20). The number of benzene rings is 2. The Morgan fingerprint density at radius 2 is 1.82 bits per heavy atom. The third-order valence-corrected chi connectivity index (χ3v) is 3.67. The van der Waals surface area contributed by atoms with Crippen molar-refractivity contribution in [2.75, 3.05) is 11.6 Å². The lowest BCUT2D eigenvalue weighted by molar-refractivity contribution is -0.122. The Morgan fingerprint density at radius 3 is 2.41 bits per heavy atom. The van der Waals surface area contributed by atoms with Gasteiger partial charge in [-0.3, -0.25) is 4.79 Å². The van der Waals surface area contributed by atoms with E-state index >= 15 is 0 Å². The van der Waals surface area contributed by atoms with E-state index in [1.807, 2.05) is 18.4 Å². The van der Waals surface area contributed by atoms with Crippen LogP contribution in [0.25, 0.3) is 0 Å². The first-order chi connectivity index (χ1) is 10.5. The minimum Gasteiger partial charge on any atom is -0.481 e. The van der Waals surface area contributed by atoms with Gasteiger partial charge in [-0.25, -0.2) is 8.78 Å². The molecule has 0 radical (unpaired) electrons. The average Bonchev–Trinajstić information content (AvgIpc) is 2.51. The number of halogens is 2. The molecule has 0 bridgehead atoms. The van der Waals surface area contributed by atoms with Gasteiger partial charge in [0.05, 0.1) is 0 Å². The minimum atomic E-state index is -1.02. The summed E-state index contributed by atoms with van der Waals surface area (Å²) in [6.45, 7) is 1.53. The molecule has 0 saturated heterocycles. The Labute approximate surface area is 131 Å². The van der Waals surface area contributed by atoms with Gasteiger partial charge in [0, 0.05) is 16.6 Å². The highest BCUT2D eigenvalue weighted by Gasteiger charge is 2.15. The topological polar surface area (TPSA) is 38.3 Å². The smallest absolute Gasteiger partial charge is 0.265 e. The number of rotatable bonds is 5. The number of thioether (sulfide) groups is 1. The van der Waals surface area contributed by atoms with Gasteiger partial charge in [-0.15, -0.1) is 11.8 Å². The van der Waals surface area contributed by atoms with Crippen LogP contribution in [-0.2, 0) is 4.79 Å². The lowest BCUT2D eigenvalue weighted by Gasteiger charge is -2.15. The number of carbonyl (C=O) groups excluding carboxylic acids is 1. The molecule has 2 aromatic carbocycles. The molecule has 0 aliphatic carbocycles. The number of amides is 1. The number of hydrogen-bond donors (Lipinski definition) is 1. The van der Waals surface area contributed by atoms with Gasteiger partial charge >= 0.3 is 0 Å². The maximum atomic E-state index is 13.1. The maximum absolute atomic E-state index is 13.1. The summed E-state index contributed by atoms with van der Waals surface area (Å²) >= 11 is 1.60. The van der Waals surface area contributed by atoms with Crippen molar-refractivity contribution in [1.82, 2.24) is 0 Å². The van der Waals surface area contributed by atoms with Crippen LogP contribution in [0.5, 0.6) is 5.75 Å². The van der Waals surface area contributed by atoms with Crippen molar-refractivity contribution >= 4 is 23.4 Å². The Kier molecular flexibility index (Phi) is 5.38. The molecule has 2 rings (SSSR count). The molecular weight excluding hydrogens is 308 g/mol. The zero-order chi connectivity index (χ0) is 16.1. The van der Waals surface area contributed by atoms with Crippen molar-refractivity contribution < 1.29 is 18.3 Å². The molecule has 22 heavy (non-hydrogen) atoms. The average molecular weight is 323 g/mol. The zero-order valence-corrected chi connectivity index (χ0v) is 12.9. The molecule has 0 spiro atoms. The molecule has 0 saturated carbocycles. The summed E-state index contributed by atoms with van der Waals surface area (Å²) in [6, 6.07) is 10.5. The summed E-state index contributed by atoms with van der Waals surface area (Å²) in [5.41, 5.74) is 0.642. The van der Waals surface area contributed by atoms with Gasteiger partial charge in [0.25, 0.3) is 5.91 Å². The van der Waals surface area contributed by atoms with Crippen LogP contribution in [0.1, 0.15) is 6.92 Å². The fraction of sp³-hybridized carbons (Fsp3) is 0.188. The van der Waals surface area contributed by atoms with Crippen molar-refractivity contribution in [2.24, 2.45) is 0 Å². The van der Waals surface area contributed by atoms with Crippen LogP contribution in [0.4, 0.5) is 14.5 Å². The van der Waals surface area contributed by atoms with E-state index in [2.05, 4.69) is 5.32 Å². The van der Waals surface area contributed by atoms with Gasteiger partial charge in [-0.1, -0.05) is 0 Å². The Morgan fingerprint density at radius 1 is 1.14 bits per heavy atom. The summed E-state index contributed by atoms with van der Waals surface area (Å²) in [5, 5.41) is 2.70. The first-order valence-corrected chi connectivity index (χ1v) is 7.78. The maximum Gasteiger partial charge on any atom is 0.265 e. The molecule has 0 aliphatic rings. The number of nitrogens with one attached hydrogen (secondary N) is 1. The molecule has 3 nitrogen and oxygen atoms in total. The molecule has 1 atom stereocenters. The van der Waals surface area contributed by atoms with E-state index in [0.29, 0.717) is 5.69 Å². The molecule has 0 aromatic heterocycles. The molecule has 1 N–H and O–H groups in total. The second-order valence-corrected chi connectivity index (χ2v) is 5.43. The van der Waals surface area contributed by atoms with Gasteiger partial charge in [0.2, 0.25) is 0 Å². The normalized spacial score (nSPS) is 11.8. The van der Waals surface area contributed by atoms with E-state index in [0.717, 1.165) is 17.0 Å². The van der Waals surface area contributed by atoms with E-state index in [1.54, 1.807) is 23.9 Å². The number of carbonyl (C=O) groups is 1. The zero-order valence-electron chi connectivity index (χ0n) is 12.1. The van der Waals surface area contributed by atoms with E-state index in [-0.39, 0.29) is 11.7 Å². The molecule has 0 heterocycles. The predicted molar refractivity (Wildman–Crippen MR) is 83.3 cm³/mol. The van der Waals surface area contributed by atoms with Gasteiger partial charge in [0.15, 0.2) is 17.7 Å². The Bertz CT molecular complexity index is 662. The minimum absolute atomic E-state index is 0.0966. The van der Waals surface area contributed by atoms with Crippen LogP contribution >= 0.6 is 11.8 Å². The van der Waals surface area contributed by atoms with Crippen molar-refractivity contribution in [2.45, 2.75) is 17.9 Å². The second-order valence-electron chi connectivity index (χ2n) is 4.55. The molecule has 2 aromatic rings. The number of ether oxygens (including phenoxy) is 1. The first kappa shape index (κ1) is 16.3.